The zero-order valence-electron chi connectivity index (χ0n) is 9.54. The van der Waals surface area contributed by atoms with E-state index >= 15 is 0 Å². The van der Waals surface area contributed by atoms with E-state index in [4.69, 9.17) is 4.74 Å². The first-order valence-corrected chi connectivity index (χ1v) is 6.30. The van der Waals surface area contributed by atoms with Crippen LogP contribution >= 0.6 is 11.3 Å². The third kappa shape index (κ3) is 3.25. The topological polar surface area (TPSA) is 55.2 Å². The fraction of sp³-hybridized carbons (Fsp3) is 0.333. The van der Waals surface area contributed by atoms with Crippen molar-refractivity contribution in [3.05, 3.63) is 40.2 Å². The molecule has 2 aromatic rings. The molecule has 0 saturated carbocycles. The number of hydrogen-bond donors (Lipinski definition) is 1. The lowest BCUT2D eigenvalue weighted by Crippen LogP contribution is -2.03. The predicted octanol–water partition coefficient (Wildman–Crippen LogP) is 2.21. The SMILES string of the molecule is COc1ccc(C(O)CCc2ccsc2)nn1. The number of aromatic nitrogens is 2. The molecule has 0 aliphatic heterocycles. The van der Waals surface area contributed by atoms with E-state index < -0.39 is 6.10 Å². The van der Waals surface area contributed by atoms with Crippen LogP contribution in [0, 0.1) is 0 Å². The number of aliphatic hydroxyl groups is 1. The summed E-state index contributed by atoms with van der Waals surface area (Å²) >= 11 is 1.67. The summed E-state index contributed by atoms with van der Waals surface area (Å²) < 4.78 is 4.91. The van der Waals surface area contributed by atoms with Gasteiger partial charge in [-0.3, -0.25) is 0 Å². The van der Waals surface area contributed by atoms with Gasteiger partial charge in [-0.15, -0.1) is 10.2 Å². The monoisotopic (exact) mass is 250 g/mol. The van der Waals surface area contributed by atoms with E-state index in [0.717, 1.165) is 6.42 Å². The average Bonchev–Trinajstić information content (AvgIpc) is 2.89. The highest BCUT2D eigenvalue weighted by molar-refractivity contribution is 7.07. The number of thiophene rings is 1. The zero-order chi connectivity index (χ0) is 12.1. The van der Waals surface area contributed by atoms with Crippen molar-refractivity contribution in [2.24, 2.45) is 0 Å². The highest BCUT2D eigenvalue weighted by atomic mass is 32.1. The van der Waals surface area contributed by atoms with Crippen LogP contribution in [0.2, 0.25) is 0 Å². The highest BCUT2D eigenvalue weighted by Crippen LogP contribution is 2.18. The van der Waals surface area contributed by atoms with Crippen LogP contribution in [0.25, 0.3) is 0 Å². The first-order valence-electron chi connectivity index (χ1n) is 5.36. The molecule has 0 fully saturated rings. The first kappa shape index (κ1) is 12.0. The Labute approximate surface area is 104 Å². The smallest absolute Gasteiger partial charge is 0.233 e. The van der Waals surface area contributed by atoms with E-state index in [2.05, 4.69) is 21.6 Å². The lowest BCUT2D eigenvalue weighted by molar-refractivity contribution is 0.161. The van der Waals surface area contributed by atoms with Gasteiger partial charge in [-0.2, -0.15) is 11.3 Å². The van der Waals surface area contributed by atoms with Crippen molar-refractivity contribution in [3.8, 4) is 5.88 Å². The standard InChI is InChI=1S/C12H14N2O2S/c1-16-12-5-3-10(13-14-12)11(15)4-2-9-6-7-17-8-9/h3,5-8,11,15H,2,4H2,1H3. The fourth-order valence-corrected chi connectivity index (χ4v) is 2.21. The van der Waals surface area contributed by atoms with Gasteiger partial charge in [-0.05, 0) is 41.3 Å². The lowest BCUT2D eigenvalue weighted by atomic mass is 10.1. The van der Waals surface area contributed by atoms with Gasteiger partial charge in [0.15, 0.2) is 0 Å². The summed E-state index contributed by atoms with van der Waals surface area (Å²) in [7, 11) is 1.54. The molecule has 0 aliphatic rings. The lowest BCUT2D eigenvalue weighted by Gasteiger charge is -2.08. The number of nitrogens with zero attached hydrogens (tertiary/aromatic N) is 2. The van der Waals surface area contributed by atoms with E-state index in [1.807, 2.05) is 5.38 Å². The van der Waals surface area contributed by atoms with Crippen LogP contribution in [0.3, 0.4) is 0 Å². The van der Waals surface area contributed by atoms with Crippen molar-refractivity contribution in [2.75, 3.05) is 7.11 Å². The van der Waals surface area contributed by atoms with Crippen molar-refractivity contribution in [2.45, 2.75) is 18.9 Å². The first-order chi connectivity index (χ1) is 8.29. The minimum absolute atomic E-state index is 0.457. The Morgan fingerprint density at radius 2 is 2.24 bits per heavy atom. The maximum Gasteiger partial charge on any atom is 0.233 e. The quantitative estimate of drug-likeness (QED) is 0.884. The molecular weight excluding hydrogens is 236 g/mol. The van der Waals surface area contributed by atoms with E-state index in [9.17, 15) is 5.11 Å². The third-order valence-corrected chi connectivity index (χ3v) is 3.23. The van der Waals surface area contributed by atoms with Gasteiger partial charge in [0.1, 0.15) is 0 Å². The summed E-state index contributed by atoms with van der Waals surface area (Å²) in [4.78, 5) is 0. The molecule has 1 N–H and O–H groups in total. The molecule has 1 atom stereocenters. The normalized spacial score (nSPS) is 12.4. The van der Waals surface area contributed by atoms with Crippen molar-refractivity contribution in [1.29, 1.82) is 0 Å². The molecule has 0 aliphatic carbocycles. The van der Waals surface area contributed by atoms with Crippen molar-refractivity contribution in [1.82, 2.24) is 10.2 Å². The van der Waals surface area contributed by atoms with Gasteiger partial charge >= 0.3 is 0 Å². The van der Waals surface area contributed by atoms with Gasteiger partial charge in [-0.25, -0.2) is 0 Å². The third-order valence-electron chi connectivity index (χ3n) is 2.50. The van der Waals surface area contributed by atoms with E-state index in [1.54, 1.807) is 23.5 Å². The molecule has 2 aromatic heterocycles. The van der Waals surface area contributed by atoms with Crippen LogP contribution in [0.1, 0.15) is 23.8 Å². The van der Waals surface area contributed by atoms with E-state index in [1.165, 1.54) is 12.7 Å². The maximum absolute atomic E-state index is 9.94. The Morgan fingerprint density at radius 1 is 1.35 bits per heavy atom. The molecule has 5 heteroatoms. The molecule has 17 heavy (non-hydrogen) atoms. The number of hydrogen-bond acceptors (Lipinski definition) is 5. The van der Waals surface area contributed by atoms with Crippen molar-refractivity contribution < 1.29 is 9.84 Å². The molecule has 0 spiro atoms. The number of rotatable bonds is 5. The molecular formula is C12H14N2O2S. The van der Waals surface area contributed by atoms with Gasteiger partial charge < -0.3 is 9.84 Å². The second kappa shape index (κ2) is 5.75. The molecule has 4 nitrogen and oxygen atoms in total. The Balaban J connectivity index is 1.92. The van der Waals surface area contributed by atoms with Crippen LogP contribution in [-0.4, -0.2) is 22.4 Å². The van der Waals surface area contributed by atoms with Gasteiger partial charge in [0.05, 0.1) is 18.9 Å². The molecule has 1 unspecified atom stereocenters. The predicted molar refractivity (Wildman–Crippen MR) is 66.2 cm³/mol. The van der Waals surface area contributed by atoms with Crippen LogP contribution in [0.5, 0.6) is 5.88 Å². The number of ether oxygens (including phenoxy) is 1. The fourth-order valence-electron chi connectivity index (χ4n) is 1.50. The molecule has 2 rings (SSSR count). The minimum atomic E-state index is -0.576. The maximum atomic E-state index is 9.94. The summed E-state index contributed by atoms with van der Waals surface area (Å²) in [5, 5.41) is 21.8. The van der Waals surface area contributed by atoms with Gasteiger partial charge in [0.25, 0.3) is 0 Å². The molecule has 0 aromatic carbocycles. The largest absolute Gasteiger partial charge is 0.480 e. The highest BCUT2D eigenvalue weighted by Gasteiger charge is 2.10. The second-order valence-electron chi connectivity index (χ2n) is 3.69. The molecule has 0 amide bonds. The molecule has 0 saturated heterocycles. The number of aryl methyl sites for hydroxylation is 1. The Kier molecular flexibility index (Phi) is 4.06. The van der Waals surface area contributed by atoms with Gasteiger partial charge in [-0.1, -0.05) is 0 Å². The molecule has 0 bridgehead atoms. The minimum Gasteiger partial charge on any atom is -0.480 e. The van der Waals surface area contributed by atoms with Crippen molar-refractivity contribution >= 4 is 11.3 Å². The van der Waals surface area contributed by atoms with Crippen LogP contribution < -0.4 is 4.74 Å². The van der Waals surface area contributed by atoms with E-state index in [0.29, 0.717) is 18.0 Å². The summed E-state index contributed by atoms with van der Waals surface area (Å²) in [5.41, 5.74) is 1.83. The van der Waals surface area contributed by atoms with Crippen LogP contribution in [-0.2, 0) is 6.42 Å². The molecule has 90 valence electrons. The summed E-state index contributed by atoms with van der Waals surface area (Å²) in [5.74, 6) is 0.457. The summed E-state index contributed by atoms with van der Waals surface area (Å²) in [6.07, 6.45) is 0.921. The van der Waals surface area contributed by atoms with Crippen molar-refractivity contribution in [3.63, 3.8) is 0 Å². The number of aliphatic hydroxyl groups excluding tert-OH is 1. The summed E-state index contributed by atoms with van der Waals surface area (Å²) in [6.45, 7) is 0. The Bertz CT molecular complexity index is 442. The average molecular weight is 250 g/mol. The molecule has 0 radical (unpaired) electrons. The summed E-state index contributed by atoms with van der Waals surface area (Å²) in [6, 6.07) is 5.51. The van der Waals surface area contributed by atoms with Crippen LogP contribution in [0.15, 0.2) is 29.0 Å². The number of methoxy groups -OCH3 is 1. The van der Waals surface area contributed by atoms with Gasteiger partial charge in [0.2, 0.25) is 5.88 Å². The van der Waals surface area contributed by atoms with Gasteiger partial charge in [0, 0.05) is 6.07 Å². The Morgan fingerprint density at radius 3 is 2.82 bits per heavy atom. The van der Waals surface area contributed by atoms with E-state index in [-0.39, 0.29) is 0 Å². The zero-order valence-corrected chi connectivity index (χ0v) is 10.4. The second-order valence-corrected chi connectivity index (χ2v) is 4.47. The Hall–Kier alpha value is -1.46. The van der Waals surface area contributed by atoms with Crippen LogP contribution in [0.4, 0.5) is 0 Å². The molecule has 2 heterocycles.